The monoisotopic (exact) mass is 277 g/mol. The maximum Gasteiger partial charge on any atom is 0.257 e. The zero-order chi connectivity index (χ0) is 14.1. The van der Waals surface area contributed by atoms with Crippen molar-refractivity contribution in [3.8, 4) is 5.75 Å². The van der Waals surface area contributed by atoms with E-state index in [1.54, 1.807) is 0 Å². The largest absolute Gasteiger partial charge is 0.507 e. The number of halogens is 1. The molecule has 2 fully saturated rings. The van der Waals surface area contributed by atoms with Crippen LogP contribution in [0.3, 0.4) is 0 Å². The van der Waals surface area contributed by atoms with Gasteiger partial charge in [-0.05, 0) is 43.7 Å². The molecule has 1 aromatic carbocycles. The number of hydrogen-bond donors (Lipinski definition) is 1. The fraction of sp³-hybridized carbons (Fsp3) is 0.562. The predicted octanol–water partition coefficient (Wildman–Crippen LogP) is 3.33. The van der Waals surface area contributed by atoms with Gasteiger partial charge >= 0.3 is 0 Å². The number of fused-ring (bicyclic) bond motifs is 1. The molecule has 0 radical (unpaired) electrons. The summed E-state index contributed by atoms with van der Waals surface area (Å²) in [5.41, 5.74) is 0.220. The minimum atomic E-state index is -0.520. The Morgan fingerprint density at radius 3 is 2.75 bits per heavy atom. The molecule has 108 valence electrons. The van der Waals surface area contributed by atoms with E-state index in [-0.39, 0.29) is 17.2 Å². The van der Waals surface area contributed by atoms with Gasteiger partial charge in [-0.2, -0.15) is 0 Å². The Labute approximate surface area is 118 Å². The molecule has 0 spiro atoms. The van der Waals surface area contributed by atoms with Crippen molar-refractivity contribution in [2.45, 2.75) is 44.6 Å². The molecule has 4 heteroatoms. The third kappa shape index (κ3) is 2.39. The third-order valence-corrected chi connectivity index (χ3v) is 4.69. The van der Waals surface area contributed by atoms with E-state index in [0.29, 0.717) is 12.0 Å². The van der Waals surface area contributed by atoms with Crippen LogP contribution in [0.4, 0.5) is 4.39 Å². The molecule has 3 rings (SSSR count). The van der Waals surface area contributed by atoms with Crippen LogP contribution in [0.5, 0.6) is 5.75 Å². The second kappa shape index (κ2) is 5.43. The van der Waals surface area contributed by atoms with Gasteiger partial charge in [0.2, 0.25) is 0 Å². The molecular weight excluding hydrogens is 257 g/mol. The summed E-state index contributed by atoms with van der Waals surface area (Å²) >= 11 is 0. The van der Waals surface area contributed by atoms with Gasteiger partial charge in [-0.1, -0.05) is 12.8 Å². The van der Waals surface area contributed by atoms with Gasteiger partial charge < -0.3 is 10.0 Å². The molecule has 1 heterocycles. The van der Waals surface area contributed by atoms with Crippen LogP contribution in [0.15, 0.2) is 18.2 Å². The average molecular weight is 277 g/mol. The van der Waals surface area contributed by atoms with Gasteiger partial charge in [-0.15, -0.1) is 0 Å². The highest BCUT2D eigenvalue weighted by Crippen LogP contribution is 2.36. The van der Waals surface area contributed by atoms with Crippen LogP contribution in [0.2, 0.25) is 0 Å². The Balaban J connectivity index is 1.85. The first-order valence-electron chi connectivity index (χ1n) is 7.46. The van der Waals surface area contributed by atoms with Gasteiger partial charge in [0.15, 0.2) is 0 Å². The van der Waals surface area contributed by atoms with Gasteiger partial charge in [0.25, 0.3) is 5.91 Å². The number of phenols is 1. The Morgan fingerprint density at radius 2 is 1.95 bits per heavy atom. The lowest BCUT2D eigenvalue weighted by Gasteiger charge is -2.44. The number of likely N-dealkylation sites (tertiary alicyclic amines) is 1. The number of piperidine rings is 1. The number of rotatable bonds is 1. The number of aromatic hydroxyl groups is 1. The molecule has 1 aromatic rings. The first-order chi connectivity index (χ1) is 9.66. The Bertz CT molecular complexity index is 515. The lowest BCUT2D eigenvalue weighted by atomic mass is 9.78. The van der Waals surface area contributed by atoms with Crippen molar-refractivity contribution in [3.05, 3.63) is 29.6 Å². The lowest BCUT2D eigenvalue weighted by Crippen LogP contribution is -2.49. The minimum absolute atomic E-state index is 0.154. The summed E-state index contributed by atoms with van der Waals surface area (Å²) < 4.78 is 13.0. The first-order valence-corrected chi connectivity index (χ1v) is 7.46. The summed E-state index contributed by atoms with van der Waals surface area (Å²) in [6.45, 7) is 0.747. The predicted molar refractivity (Wildman–Crippen MR) is 74.1 cm³/mol. The van der Waals surface area contributed by atoms with Crippen molar-refractivity contribution in [2.24, 2.45) is 5.92 Å². The van der Waals surface area contributed by atoms with Crippen LogP contribution in [0.1, 0.15) is 48.9 Å². The standard InChI is InChI=1S/C16H20FNO2/c17-12-7-8-13(15(19)10-12)16(20)18-9-3-5-11-4-1-2-6-14(11)18/h7-8,10-11,14,19H,1-6,9H2. The number of phenolic OH excluding ortho intramolecular Hbond substituents is 1. The lowest BCUT2D eigenvalue weighted by molar-refractivity contribution is 0.0388. The number of nitrogens with zero attached hydrogens (tertiary/aromatic N) is 1. The highest BCUT2D eigenvalue weighted by molar-refractivity contribution is 5.97. The number of hydrogen-bond acceptors (Lipinski definition) is 2. The highest BCUT2D eigenvalue weighted by atomic mass is 19.1. The van der Waals surface area contributed by atoms with Crippen molar-refractivity contribution in [1.29, 1.82) is 0 Å². The average Bonchev–Trinajstić information content (AvgIpc) is 2.46. The van der Waals surface area contributed by atoms with Crippen molar-refractivity contribution < 1.29 is 14.3 Å². The fourth-order valence-corrected chi connectivity index (χ4v) is 3.72. The van der Waals surface area contributed by atoms with Crippen LogP contribution in [-0.4, -0.2) is 28.5 Å². The summed E-state index contributed by atoms with van der Waals surface area (Å²) in [6.07, 6.45) is 6.90. The molecular formula is C16H20FNO2. The van der Waals surface area contributed by atoms with Crippen molar-refractivity contribution in [1.82, 2.24) is 4.90 Å². The normalized spacial score (nSPS) is 26.1. The van der Waals surface area contributed by atoms with Gasteiger partial charge in [0, 0.05) is 18.7 Å². The van der Waals surface area contributed by atoms with E-state index in [9.17, 15) is 14.3 Å². The molecule has 1 aliphatic heterocycles. The van der Waals surface area contributed by atoms with E-state index in [1.807, 2.05) is 4.90 Å². The van der Waals surface area contributed by atoms with Crippen molar-refractivity contribution >= 4 is 5.91 Å². The first kappa shape index (κ1) is 13.4. The number of carbonyl (C=O) groups excluding carboxylic acids is 1. The fourth-order valence-electron chi connectivity index (χ4n) is 3.72. The number of benzene rings is 1. The zero-order valence-corrected chi connectivity index (χ0v) is 11.5. The topological polar surface area (TPSA) is 40.5 Å². The summed E-state index contributed by atoms with van der Waals surface area (Å²) in [5, 5.41) is 9.80. The van der Waals surface area contributed by atoms with E-state index < -0.39 is 5.82 Å². The number of amides is 1. The maximum atomic E-state index is 13.0. The molecule has 2 unspecified atom stereocenters. The molecule has 0 aromatic heterocycles. The quantitative estimate of drug-likeness (QED) is 0.855. The molecule has 1 aliphatic carbocycles. The van der Waals surface area contributed by atoms with E-state index in [0.717, 1.165) is 25.5 Å². The zero-order valence-electron chi connectivity index (χ0n) is 11.5. The van der Waals surface area contributed by atoms with Gasteiger partial charge in [0.05, 0.1) is 5.56 Å². The summed E-state index contributed by atoms with van der Waals surface area (Å²) in [5.74, 6) is -0.329. The SMILES string of the molecule is O=C(c1ccc(F)cc1O)N1CCCC2CCCCC21. The summed E-state index contributed by atoms with van der Waals surface area (Å²) in [7, 11) is 0. The van der Waals surface area contributed by atoms with E-state index in [4.69, 9.17) is 0 Å². The second-order valence-electron chi connectivity index (χ2n) is 5.91. The summed E-state index contributed by atoms with van der Waals surface area (Å²) in [4.78, 5) is 14.5. The van der Waals surface area contributed by atoms with Crippen LogP contribution >= 0.6 is 0 Å². The molecule has 1 N–H and O–H groups in total. The molecule has 20 heavy (non-hydrogen) atoms. The van der Waals surface area contributed by atoms with Gasteiger partial charge in [-0.25, -0.2) is 4.39 Å². The van der Waals surface area contributed by atoms with Crippen LogP contribution < -0.4 is 0 Å². The molecule has 2 aliphatic rings. The molecule has 3 nitrogen and oxygen atoms in total. The molecule has 2 atom stereocenters. The molecule has 0 bridgehead atoms. The van der Waals surface area contributed by atoms with Gasteiger partial charge in [-0.3, -0.25) is 4.79 Å². The molecule has 1 saturated heterocycles. The summed E-state index contributed by atoms with van der Waals surface area (Å²) in [6, 6.07) is 3.93. The Kier molecular flexibility index (Phi) is 3.64. The Hall–Kier alpha value is -1.58. The van der Waals surface area contributed by atoms with Crippen LogP contribution in [0, 0.1) is 11.7 Å². The molecule has 1 amide bonds. The van der Waals surface area contributed by atoms with Crippen LogP contribution in [0.25, 0.3) is 0 Å². The maximum absolute atomic E-state index is 13.0. The van der Waals surface area contributed by atoms with Crippen LogP contribution in [-0.2, 0) is 0 Å². The second-order valence-corrected chi connectivity index (χ2v) is 5.91. The molecule has 1 saturated carbocycles. The smallest absolute Gasteiger partial charge is 0.257 e. The Morgan fingerprint density at radius 1 is 1.20 bits per heavy atom. The van der Waals surface area contributed by atoms with E-state index >= 15 is 0 Å². The number of carbonyl (C=O) groups is 1. The highest BCUT2D eigenvalue weighted by Gasteiger charge is 2.36. The van der Waals surface area contributed by atoms with Gasteiger partial charge in [0.1, 0.15) is 11.6 Å². The third-order valence-electron chi connectivity index (χ3n) is 4.69. The minimum Gasteiger partial charge on any atom is -0.507 e. The van der Waals surface area contributed by atoms with Crippen molar-refractivity contribution in [2.75, 3.05) is 6.54 Å². The van der Waals surface area contributed by atoms with E-state index in [2.05, 4.69) is 0 Å². The van der Waals surface area contributed by atoms with Crippen molar-refractivity contribution in [3.63, 3.8) is 0 Å². The van der Waals surface area contributed by atoms with E-state index in [1.165, 1.54) is 37.8 Å².